The van der Waals surface area contributed by atoms with Gasteiger partial charge in [0.1, 0.15) is 0 Å². The minimum Gasteiger partial charge on any atom is -0.338 e. The van der Waals surface area contributed by atoms with E-state index in [1.165, 1.54) is 4.88 Å². The normalized spacial score (nSPS) is 14.6. The summed E-state index contributed by atoms with van der Waals surface area (Å²) >= 11 is 1.70. The molecule has 3 aromatic rings. The van der Waals surface area contributed by atoms with E-state index in [2.05, 4.69) is 15.1 Å². The lowest BCUT2D eigenvalue weighted by atomic mass is 10.1. The quantitative estimate of drug-likeness (QED) is 0.669. The monoisotopic (exact) mass is 395 g/mol. The van der Waals surface area contributed by atoms with Crippen LogP contribution in [0.1, 0.15) is 33.2 Å². The molecule has 0 aromatic carbocycles. The molecule has 6 nitrogen and oxygen atoms in total. The molecule has 0 radical (unpaired) electrons. The van der Waals surface area contributed by atoms with Gasteiger partial charge in [-0.15, -0.1) is 16.4 Å². The highest BCUT2D eigenvalue weighted by Gasteiger charge is 2.37. The van der Waals surface area contributed by atoms with Crippen LogP contribution in [-0.2, 0) is 30.4 Å². The van der Waals surface area contributed by atoms with Gasteiger partial charge in [-0.05, 0) is 37.3 Å². The SMILES string of the molecule is Cc1nc2nc(C(F)(F)F)nn2c(C)c1CC(=O)N1CCc2sccc2C1. The van der Waals surface area contributed by atoms with E-state index in [0.29, 0.717) is 30.0 Å². The first kappa shape index (κ1) is 17.9. The van der Waals surface area contributed by atoms with Crippen molar-refractivity contribution in [3.05, 3.63) is 44.7 Å². The summed E-state index contributed by atoms with van der Waals surface area (Å²) < 4.78 is 39.7. The fourth-order valence-electron chi connectivity index (χ4n) is 3.31. The number of rotatable bonds is 2. The van der Waals surface area contributed by atoms with Crippen LogP contribution in [0.2, 0.25) is 0 Å². The van der Waals surface area contributed by atoms with Crippen LogP contribution in [0.3, 0.4) is 0 Å². The number of hydrogen-bond donors (Lipinski definition) is 0. The van der Waals surface area contributed by atoms with Gasteiger partial charge in [0.2, 0.25) is 5.91 Å². The molecule has 4 rings (SSSR count). The summed E-state index contributed by atoms with van der Waals surface area (Å²) in [5.74, 6) is -1.42. The molecule has 1 aliphatic rings. The predicted octanol–water partition coefficient (Wildman–Crippen LogP) is 2.95. The zero-order valence-corrected chi connectivity index (χ0v) is 15.5. The second-order valence-electron chi connectivity index (χ2n) is 6.52. The molecule has 27 heavy (non-hydrogen) atoms. The zero-order valence-electron chi connectivity index (χ0n) is 14.7. The van der Waals surface area contributed by atoms with Gasteiger partial charge in [-0.3, -0.25) is 4.79 Å². The van der Waals surface area contributed by atoms with E-state index in [1.807, 2.05) is 11.4 Å². The summed E-state index contributed by atoms with van der Waals surface area (Å²) in [5, 5.41) is 5.54. The van der Waals surface area contributed by atoms with Gasteiger partial charge in [0.05, 0.1) is 6.42 Å². The third kappa shape index (κ3) is 3.18. The van der Waals surface area contributed by atoms with Crippen LogP contribution in [0.5, 0.6) is 0 Å². The Morgan fingerprint density at radius 1 is 1.30 bits per heavy atom. The molecule has 0 saturated carbocycles. The number of aryl methyl sites for hydroxylation is 2. The number of carbonyl (C=O) groups excluding carboxylic acids is 1. The Hall–Kier alpha value is -2.49. The van der Waals surface area contributed by atoms with E-state index in [1.54, 1.807) is 30.1 Å². The summed E-state index contributed by atoms with van der Waals surface area (Å²) in [6.07, 6.45) is -3.75. The Kier molecular flexibility index (Phi) is 4.17. The van der Waals surface area contributed by atoms with E-state index >= 15 is 0 Å². The molecule has 0 aliphatic carbocycles. The Morgan fingerprint density at radius 3 is 2.81 bits per heavy atom. The molecule has 0 spiro atoms. The van der Waals surface area contributed by atoms with Crippen LogP contribution in [0, 0.1) is 13.8 Å². The summed E-state index contributed by atoms with van der Waals surface area (Å²) in [7, 11) is 0. The number of alkyl halides is 3. The van der Waals surface area contributed by atoms with Gasteiger partial charge in [0, 0.05) is 34.9 Å². The molecule has 10 heteroatoms. The number of aromatic nitrogens is 4. The topological polar surface area (TPSA) is 63.4 Å². The molecule has 0 N–H and O–H groups in total. The third-order valence-electron chi connectivity index (χ3n) is 4.79. The summed E-state index contributed by atoms with van der Waals surface area (Å²) in [5.41, 5.74) is 2.68. The molecule has 1 amide bonds. The van der Waals surface area contributed by atoms with Crippen molar-refractivity contribution in [2.75, 3.05) is 6.54 Å². The molecule has 0 fully saturated rings. The summed E-state index contributed by atoms with van der Waals surface area (Å²) in [6.45, 7) is 4.51. The Balaban J connectivity index is 1.63. The van der Waals surface area contributed by atoms with E-state index in [-0.39, 0.29) is 18.1 Å². The first-order chi connectivity index (χ1) is 12.7. The molecule has 1 aliphatic heterocycles. The van der Waals surface area contributed by atoms with E-state index < -0.39 is 12.0 Å². The second kappa shape index (κ2) is 6.29. The largest absolute Gasteiger partial charge is 0.453 e. The maximum absolute atomic E-state index is 12.9. The highest BCUT2D eigenvalue weighted by Crippen LogP contribution is 2.28. The van der Waals surface area contributed by atoms with Gasteiger partial charge in [-0.2, -0.15) is 18.2 Å². The summed E-state index contributed by atoms with van der Waals surface area (Å²) in [6, 6.07) is 2.03. The standard InChI is InChI=1S/C17H16F3N5OS/c1-9-12(7-14(26)24-5-3-13-11(8-24)4-6-27-13)10(2)25-16(21-9)22-15(23-25)17(18,19)20/h4,6H,3,5,7-8H2,1-2H3. The highest BCUT2D eigenvalue weighted by molar-refractivity contribution is 7.10. The van der Waals surface area contributed by atoms with Crippen LogP contribution in [-0.4, -0.2) is 36.9 Å². The molecule has 0 unspecified atom stereocenters. The van der Waals surface area contributed by atoms with E-state index in [9.17, 15) is 18.0 Å². The van der Waals surface area contributed by atoms with Crippen molar-refractivity contribution in [2.45, 2.75) is 39.4 Å². The third-order valence-corrected chi connectivity index (χ3v) is 5.81. The van der Waals surface area contributed by atoms with Crippen LogP contribution in [0.25, 0.3) is 5.78 Å². The van der Waals surface area contributed by atoms with E-state index in [4.69, 9.17) is 0 Å². The maximum atomic E-state index is 12.9. The molecule has 0 saturated heterocycles. The fourth-order valence-corrected chi connectivity index (χ4v) is 4.20. The number of fused-ring (bicyclic) bond motifs is 2. The van der Waals surface area contributed by atoms with Gasteiger partial charge in [0.25, 0.3) is 11.6 Å². The molecular weight excluding hydrogens is 379 g/mol. The Morgan fingerprint density at radius 2 is 2.07 bits per heavy atom. The minimum absolute atomic E-state index is 0.0707. The van der Waals surface area contributed by atoms with Crippen LogP contribution in [0.15, 0.2) is 11.4 Å². The minimum atomic E-state index is -4.64. The molecular formula is C17H16F3N5OS. The second-order valence-corrected chi connectivity index (χ2v) is 7.52. The lowest BCUT2D eigenvalue weighted by Gasteiger charge is -2.27. The van der Waals surface area contributed by atoms with Gasteiger partial charge in [-0.25, -0.2) is 9.50 Å². The number of carbonyl (C=O) groups is 1. The van der Waals surface area contributed by atoms with Crippen molar-refractivity contribution in [1.29, 1.82) is 0 Å². The molecule has 142 valence electrons. The molecule has 3 aromatic heterocycles. The number of amides is 1. The first-order valence-electron chi connectivity index (χ1n) is 8.37. The van der Waals surface area contributed by atoms with Crippen molar-refractivity contribution >= 4 is 23.0 Å². The van der Waals surface area contributed by atoms with Gasteiger partial charge >= 0.3 is 6.18 Å². The lowest BCUT2D eigenvalue weighted by Crippen LogP contribution is -2.36. The van der Waals surface area contributed by atoms with Crippen molar-refractivity contribution in [2.24, 2.45) is 0 Å². The average Bonchev–Trinajstić information content (AvgIpc) is 3.23. The van der Waals surface area contributed by atoms with Crippen molar-refractivity contribution in [1.82, 2.24) is 24.5 Å². The van der Waals surface area contributed by atoms with E-state index in [0.717, 1.165) is 16.5 Å². The fraction of sp³-hybridized carbons (Fsp3) is 0.412. The number of hydrogen-bond acceptors (Lipinski definition) is 5. The van der Waals surface area contributed by atoms with Crippen LogP contribution in [0.4, 0.5) is 13.2 Å². The number of nitrogens with zero attached hydrogens (tertiary/aromatic N) is 5. The highest BCUT2D eigenvalue weighted by atomic mass is 32.1. The average molecular weight is 395 g/mol. The smallest absolute Gasteiger partial charge is 0.338 e. The van der Waals surface area contributed by atoms with Crippen molar-refractivity contribution < 1.29 is 18.0 Å². The lowest BCUT2D eigenvalue weighted by molar-refractivity contribution is -0.144. The van der Waals surface area contributed by atoms with Gasteiger partial charge in [-0.1, -0.05) is 0 Å². The molecule has 4 heterocycles. The maximum Gasteiger partial charge on any atom is 0.453 e. The van der Waals surface area contributed by atoms with Gasteiger partial charge < -0.3 is 4.90 Å². The molecule has 0 bridgehead atoms. The van der Waals surface area contributed by atoms with Crippen molar-refractivity contribution in [3.63, 3.8) is 0 Å². The van der Waals surface area contributed by atoms with Crippen LogP contribution < -0.4 is 0 Å². The number of halogens is 3. The number of thiophene rings is 1. The summed E-state index contributed by atoms with van der Waals surface area (Å²) in [4.78, 5) is 23.4. The van der Waals surface area contributed by atoms with Crippen molar-refractivity contribution in [3.8, 4) is 0 Å². The zero-order chi connectivity index (χ0) is 19.3. The predicted molar refractivity (Wildman–Crippen MR) is 92.4 cm³/mol. The molecule has 0 atom stereocenters. The van der Waals surface area contributed by atoms with Crippen LogP contribution >= 0.6 is 11.3 Å². The Labute approximate surface area is 156 Å². The Bertz CT molecular complexity index is 1040. The first-order valence-corrected chi connectivity index (χ1v) is 9.25. The van der Waals surface area contributed by atoms with Gasteiger partial charge in [0.15, 0.2) is 0 Å².